The largest absolute Gasteiger partial charge is 0.311 e. The SMILES string of the molecule is CCCCC(n1cnc2cnc3ccccc3c21)S(N)(=O)=O. The molecule has 2 heterocycles. The summed E-state index contributed by atoms with van der Waals surface area (Å²) in [6.07, 6.45) is 5.36. The van der Waals surface area contributed by atoms with Crippen LogP contribution in [0.5, 0.6) is 0 Å². The molecule has 0 fully saturated rings. The zero-order valence-electron chi connectivity index (χ0n) is 12.3. The van der Waals surface area contributed by atoms with Crippen molar-refractivity contribution in [2.75, 3.05) is 0 Å². The van der Waals surface area contributed by atoms with Gasteiger partial charge in [-0.1, -0.05) is 38.0 Å². The summed E-state index contributed by atoms with van der Waals surface area (Å²) >= 11 is 0. The van der Waals surface area contributed by atoms with Gasteiger partial charge in [0.1, 0.15) is 5.52 Å². The van der Waals surface area contributed by atoms with E-state index in [4.69, 9.17) is 5.14 Å². The van der Waals surface area contributed by atoms with E-state index in [9.17, 15) is 8.42 Å². The van der Waals surface area contributed by atoms with Crippen LogP contribution in [-0.2, 0) is 10.0 Å². The van der Waals surface area contributed by atoms with Crippen molar-refractivity contribution in [2.45, 2.75) is 31.6 Å². The summed E-state index contributed by atoms with van der Waals surface area (Å²) < 4.78 is 25.7. The molecule has 2 aromatic heterocycles. The van der Waals surface area contributed by atoms with Crippen molar-refractivity contribution in [3.8, 4) is 0 Å². The second-order valence-corrected chi connectivity index (χ2v) is 7.07. The molecule has 7 heteroatoms. The lowest BCUT2D eigenvalue weighted by molar-refractivity contribution is 0.522. The number of hydrogen-bond donors (Lipinski definition) is 1. The molecule has 1 atom stereocenters. The van der Waals surface area contributed by atoms with Gasteiger partial charge in [-0.3, -0.25) is 4.98 Å². The van der Waals surface area contributed by atoms with E-state index in [1.165, 1.54) is 0 Å². The minimum absolute atomic E-state index is 0.470. The quantitative estimate of drug-likeness (QED) is 0.782. The molecule has 0 amide bonds. The van der Waals surface area contributed by atoms with Crippen LogP contribution in [0.4, 0.5) is 0 Å². The molecule has 116 valence electrons. The number of fused-ring (bicyclic) bond motifs is 3. The number of para-hydroxylation sites is 1. The van der Waals surface area contributed by atoms with Crippen LogP contribution in [0.1, 0.15) is 31.6 Å². The van der Waals surface area contributed by atoms with Crippen LogP contribution in [0.2, 0.25) is 0 Å². The molecule has 3 aromatic rings. The van der Waals surface area contributed by atoms with Crippen LogP contribution < -0.4 is 5.14 Å². The lowest BCUT2D eigenvalue weighted by Crippen LogP contribution is -2.26. The van der Waals surface area contributed by atoms with Crippen molar-refractivity contribution in [3.05, 3.63) is 36.8 Å². The van der Waals surface area contributed by atoms with Crippen molar-refractivity contribution < 1.29 is 8.42 Å². The molecule has 0 spiro atoms. The molecule has 0 aliphatic carbocycles. The lowest BCUT2D eigenvalue weighted by atomic mass is 10.2. The predicted molar refractivity (Wildman–Crippen MR) is 86.7 cm³/mol. The molecule has 0 saturated carbocycles. The van der Waals surface area contributed by atoms with Gasteiger partial charge in [0.2, 0.25) is 10.0 Å². The van der Waals surface area contributed by atoms with Crippen molar-refractivity contribution in [2.24, 2.45) is 5.14 Å². The molecule has 0 bridgehead atoms. The zero-order chi connectivity index (χ0) is 15.7. The number of pyridine rings is 1. The molecule has 1 aromatic carbocycles. The van der Waals surface area contributed by atoms with Crippen LogP contribution in [-0.4, -0.2) is 23.0 Å². The highest BCUT2D eigenvalue weighted by Crippen LogP contribution is 2.29. The standard InChI is InChI=1S/C15H18N4O2S/c1-2-3-8-14(22(16,20)21)19-10-18-13-9-17-12-7-5-4-6-11(12)15(13)19/h4-7,9-10,14H,2-3,8H2,1H3,(H2,16,20,21). The molecule has 0 radical (unpaired) electrons. The number of sulfonamides is 1. The summed E-state index contributed by atoms with van der Waals surface area (Å²) in [5.74, 6) is 0. The highest BCUT2D eigenvalue weighted by Gasteiger charge is 2.25. The van der Waals surface area contributed by atoms with E-state index < -0.39 is 15.4 Å². The van der Waals surface area contributed by atoms with Gasteiger partial charge in [0.25, 0.3) is 0 Å². The van der Waals surface area contributed by atoms with Gasteiger partial charge in [0.15, 0.2) is 5.37 Å². The van der Waals surface area contributed by atoms with Gasteiger partial charge in [-0.05, 0) is 12.5 Å². The number of aromatic nitrogens is 3. The summed E-state index contributed by atoms with van der Waals surface area (Å²) in [5, 5.41) is 5.53. The number of hydrogen-bond acceptors (Lipinski definition) is 4. The first-order valence-corrected chi connectivity index (χ1v) is 8.85. The number of unbranched alkanes of at least 4 members (excludes halogenated alkanes) is 1. The van der Waals surface area contributed by atoms with Gasteiger partial charge < -0.3 is 4.57 Å². The Morgan fingerprint density at radius 1 is 1.23 bits per heavy atom. The molecule has 1 unspecified atom stereocenters. The third-order valence-corrected chi connectivity index (χ3v) is 5.02. The third kappa shape index (κ3) is 2.57. The highest BCUT2D eigenvalue weighted by atomic mass is 32.2. The number of imidazole rings is 1. The Labute approximate surface area is 129 Å². The second kappa shape index (κ2) is 5.66. The summed E-state index contributed by atoms with van der Waals surface area (Å²) in [4.78, 5) is 8.64. The molecule has 0 aliphatic rings. The van der Waals surface area contributed by atoms with E-state index in [1.54, 1.807) is 17.1 Å². The van der Waals surface area contributed by atoms with Crippen molar-refractivity contribution in [1.29, 1.82) is 0 Å². The van der Waals surface area contributed by atoms with Crippen LogP contribution >= 0.6 is 0 Å². The van der Waals surface area contributed by atoms with Crippen LogP contribution in [0, 0.1) is 0 Å². The Balaban J connectivity index is 2.27. The number of primary sulfonamides is 1. The van der Waals surface area contributed by atoms with Crippen LogP contribution in [0.25, 0.3) is 21.9 Å². The number of nitrogens with two attached hydrogens (primary N) is 1. The normalized spacial score (nSPS) is 13.7. The minimum atomic E-state index is -3.72. The van der Waals surface area contributed by atoms with E-state index in [-0.39, 0.29) is 0 Å². The molecular weight excluding hydrogens is 300 g/mol. The molecule has 22 heavy (non-hydrogen) atoms. The fourth-order valence-electron chi connectivity index (χ4n) is 2.72. The topological polar surface area (TPSA) is 90.9 Å². The molecule has 3 rings (SSSR count). The van der Waals surface area contributed by atoms with Gasteiger partial charge in [-0.2, -0.15) is 0 Å². The Hall–Kier alpha value is -1.99. The average Bonchev–Trinajstić information content (AvgIpc) is 2.90. The fourth-order valence-corrected chi connectivity index (χ4v) is 3.69. The van der Waals surface area contributed by atoms with Gasteiger partial charge >= 0.3 is 0 Å². The molecule has 2 N–H and O–H groups in total. The number of nitrogens with zero attached hydrogens (tertiary/aromatic N) is 3. The first kappa shape index (κ1) is 14.9. The summed E-state index contributed by atoms with van der Waals surface area (Å²) in [6.45, 7) is 2.02. The Kier molecular flexibility index (Phi) is 3.84. The minimum Gasteiger partial charge on any atom is -0.311 e. The van der Waals surface area contributed by atoms with Crippen molar-refractivity contribution in [1.82, 2.24) is 14.5 Å². The third-order valence-electron chi connectivity index (χ3n) is 3.80. The number of benzene rings is 1. The van der Waals surface area contributed by atoms with Gasteiger partial charge in [0.05, 0.1) is 23.6 Å². The molecule has 6 nitrogen and oxygen atoms in total. The maximum atomic E-state index is 12.0. The zero-order valence-corrected chi connectivity index (χ0v) is 13.1. The fraction of sp³-hybridized carbons (Fsp3) is 0.333. The maximum absolute atomic E-state index is 12.0. The van der Waals surface area contributed by atoms with E-state index >= 15 is 0 Å². The first-order chi connectivity index (χ1) is 10.5. The first-order valence-electron chi connectivity index (χ1n) is 7.24. The Morgan fingerprint density at radius 2 is 2.00 bits per heavy atom. The maximum Gasteiger partial charge on any atom is 0.230 e. The Bertz CT molecular complexity index is 918. The highest BCUT2D eigenvalue weighted by molar-refractivity contribution is 7.89. The van der Waals surface area contributed by atoms with Crippen LogP contribution in [0.3, 0.4) is 0 Å². The predicted octanol–water partition coefficient (Wildman–Crippen LogP) is 2.56. The monoisotopic (exact) mass is 318 g/mol. The second-order valence-electron chi connectivity index (χ2n) is 5.35. The molecular formula is C15H18N4O2S. The van der Waals surface area contributed by atoms with Gasteiger partial charge in [-0.15, -0.1) is 0 Å². The smallest absolute Gasteiger partial charge is 0.230 e. The average molecular weight is 318 g/mol. The van der Waals surface area contributed by atoms with Gasteiger partial charge in [0, 0.05) is 5.39 Å². The van der Waals surface area contributed by atoms with Gasteiger partial charge in [-0.25, -0.2) is 18.5 Å². The Morgan fingerprint density at radius 3 is 2.73 bits per heavy atom. The van der Waals surface area contributed by atoms with E-state index in [0.717, 1.165) is 29.3 Å². The lowest BCUT2D eigenvalue weighted by Gasteiger charge is -2.17. The van der Waals surface area contributed by atoms with Crippen molar-refractivity contribution >= 4 is 32.0 Å². The summed E-state index contributed by atoms with van der Waals surface area (Å²) in [7, 11) is -3.72. The van der Waals surface area contributed by atoms with Crippen molar-refractivity contribution in [3.63, 3.8) is 0 Å². The van der Waals surface area contributed by atoms with E-state index in [2.05, 4.69) is 9.97 Å². The molecule has 0 saturated heterocycles. The summed E-state index contributed by atoms with van der Waals surface area (Å²) in [5.41, 5.74) is 2.24. The van der Waals surface area contributed by atoms with Crippen LogP contribution in [0.15, 0.2) is 36.8 Å². The van der Waals surface area contributed by atoms with E-state index in [1.807, 2.05) is 31.2 Å². The van der Waals surface area contributed by atoms with E-state index in [0.29, 0.717) is 11.9 Å². The molecule has 0 aliphatic heterocycles. The number of rotatable bonds is 5. The summed E-state index contributed by atoms with van der Waals surface area (Å²) in [6, 6.07) is 7.61.